The van der Waals surface area contributed by atoms with Crippen molar-refractivity contribution >= 4 is 17.1 Å². The Morgan fingerprint density at radius 3 is 2.90 bits per heavy atom. The van der Waals surface area contributed by atoms with Crippen molar-refractivity contribution in [3.63, 3.8) is 0 Å². The molecule has 1 atom stereocenters. The van der Waals surface area contributed by atoms with Gasteiger partial charge in [0.15, 0.2) is 5.65 Å². The Kier molecular flexibility index (Phi) is 4.69. The average Bonchev–Trinajstić information content (AvgIpc) is 3.40. The van der Waals surface area contributed by atoms with Crippen LogP contribution in [0.5, 0.6) is 5.88 Å². The number of pyridine rings is 1. The maximum Gasteiger partial charge on any atom is 0.280 e. The topological polar surface area (TPSA) is 84.9 Å². The van der Waals surface area contributed by atoms with Crippen LogP contribution in [0.15, 0.2) is 36.9 Å². The van der Waals surface area contributed by atoms with E-state index >= 15 is 0 Å². The predicted octanol–water partition coefficient (Wildman–Crippen LogP) is 2.59. The van der Waals surface area contributed by atoms with Gasteiger partial charge in [-0.05, 0) is 31.2 Å². The van der Waals surface area contributed by atoms with Gasteiger partial charge in [-0.3, -0.25) is 4.90 Å². The van der Waals surface area contributed by atoms with E-state index in [9.17, 15) is 8.78 Å². The van der Waals surface area contributed by atoms with Crippen LogP contribution in [0.4, 0.5) is 14.7 Å². The molecule has 0 saturated carbocycles. The van der Waals surface area contributed by atoms with Crippen LogP contribution in [0.3, 0.4) is 0 Å². The van der Waals surface area contributed by atoms with Crippen LogP contribution in [0.2, 0.25) is 0 Å². The molecular formula is C20H22F2N8O. The Balaban J connectivity index is 1.50. The van der Waals surface area contributed by atoms with E-state index in [1.807, 2.05) is 31.3 Å². The minimum Gasteiger partial charge on any atom is -0.479 e. The number of alkyl halides is 2. The molecule has 0 bridgehead atoms. The highest BCUT2D eigenvalue weighted by Crippen LogP contribution is 2.33. The third kappa shape index (κ3) is 3.44. The molecule has 5 rings (SSSR count). The Morgan fingerprint density at radius 2 is 2.13 bits per heavy atom. The molecule has 162 valence electrons. The molecule has 4 aromatic rings. The maximum atomic E-state index is 14.6. The van der Waals surface area contributed by atoms with Crippen LogP contribution in [0, 0.1) is 0 Å². The summed E-state index contributed by atoms with van der Waals surface area (Å²) in [5.41, 5.74) is 3.08. The molecule has 1 N–H and O–H groups in total. The largest absolute Gasteiger partial charge is 0.479 e. The quantitative estimate of drug-likeness (QED) is 0.523. The number of rotatable bonds is 5. The van der Waals surface area contributed by atoms with E-state index in [1.165, 1.54) is 13.4 Å². The number of ether oxygens (including phenoxy) is 1. The van der Waals surface area contributed by atoms with Gasteiger partial charge in [0.05, 0.1) is 19.7 Å². The van der Waals surface area contributed by atoms with E-state index in [-0.39, 0.29) is 12.5 Å². The Bertz CT molecular complexity index is 1240. The SMILES string of the molecule is CCN1CC[C@@H](Nc2nc(OC)c3c(-c4ccc5ncnn5c4)ccn3n2)C(F)(F)C1. The number of methoxy groups -OCH3 is 1. The van der Waals surface area contributed by atoms with Crippen LogP contribution in [0.25, 0.3) is 22.3 Å². The van der Waals surface area contributed by atoms with Crippen LogP contribution >= 0.6 is 0 Å². The number of fused-ring (bicyclic) bond motifs is 2. The summed E-state index contributed by atoms with van der Waals surface area (Å²) in [6.07, 6.45) is 5.40. The molecule has 0 amide bonds. The molecule has 5 heterocycles. The van der Waals surface area contributed by atoms with E-state index < -0.39 is 12.0 Å². The average molecular weight is 428 g/mol. The summed E-state index contributed by atoms with van der Waals surface area (Å²) in [6.45, 7) is 2.81. The first-order valence-electron chi connectivity index (χ1n) is 10.1. The fraction of sp³-hybridized carbons (Fsp3) is 0.400. The molecule has 1 fully saturated rings. The first-order valence-corrected chi connectivity index (χ1v) is 10.1. The molecule has 4 aromatic heterocycles. The summed E-state index contributed by atoms with van der Waals surface area (Å²) in [5, 5.41) is 11.4. The third-order valence-corrected chi connectivity index (χ3v) is 5.69. The Hall–Kier alpha value is -3.34. The van der Waals surface area contributed by atoms with Crippen molar-refractivity contribution in [2.75, 3.05) is 32.1 Å². The Labute approximate surface area is 176 Å². The summed E-state index contributed by atoms with van der Waals surface area (Å²) >= 11 is 0. The van der Waals surface area contributed by atoms with Gasteiger partial charge in [-0.1, -0.05) is 6.92 Å². The summed E-state index contributed by atoms with van der Waals surface area (Å²) in [6, 6.07) is 4.62. The number of likely N-dealkylation sites (tertiary alicyclic amines) is 1. The summed E-state index contributed by atoms with van der Waals surface area (Å²) in [4.78, 5) is 10.3. The molecule has 9 nitrogen and oxygen atoms in total. The van der Waals surface area contributed by atoms with Crippen molar-refractivity contribution in [2.24, 2.45) is 0 Å². The first kappa shape index (κ1) is 19.6. The highest BCUT2D eigenvalue weighted by molar-refractivity contribution is 5.84. The number of hydrogen-bond donors (Lipinski definition) is 1. The van der Waals surface area contributed by atoms with Crippen molar-refractivity contribution in [3.8, 4) is 17.0 Å². The van der Waals surface area contributed by atoms with Gasteiger partial charge in [0.25, 0.3) is 5.92 Å². The number of nitrogens with zero attached hydrogens (tertiary/aromatic N) is 7. The number of nitrogens with one attached hydrogen (secondary N) is 1. The van der Waals surface area contributed by atoms with E-state index in [1.54, 1.807) is 20.1 Å². The van der Waals surface area contributed by atoms with Gasteiger partial charge >= 0.3 is 0 Å². The van der Waals surface area contributed by atoms with Gasteiger partial charge in [-0.15, -0.1) is 5.10 Å². The fourth-order valence-corrected chi connectivity index (χ4v) is 4.02. The summed E-state index contributed by atoms with van der Waals surface area (Å²) in [5.74, 6) is -2.48. The van der Waals surface area contributed by atoms with Gasteiger partial charge in [-0.25, -0.2) is 22.8 Å². The number of piperidine rings is 1. The van der Waals surface area contributed by atoms with Crippen LogP contribution in [-0.2, 0) is 0 Å². The van der Waals surface area contributed by atoms with Crippen molar-refractivity contribution in [1.29, 1.82) is 0 Å². The molecule has 11 heteroatoms. The van der Waals surface area contributed by atoms with Gasteiger partial charge in [0, 0.05) is 30.1 Å². The monoisotopic (exact) mass is 428 g/mol. The van der Waals surface area contributed by atoms with Crippen molar-refractivity contribution in [1.82, 2.24) is 34.1 Å². The number of halogens is 2. The van der Waals surface area contributed by atoms with Crippen molar-refractivity contribution in [2.45, 2.75) is 25.3 Å². The van der Waals surface area contributed by atoms with Gasteiger partial charge in [0.2, 0.25) is 11.8 Å². The van der Waals surface area contributed by atoms with Gasteiger partial charge in [0.1, 0.15) is 11.8 Å². The number of aromatic nitrogens is 6. The molecule has 0 aliphatic carbocycles. The third-order valence-electron chi connectivity index (χ3n) is 5.69. The maximum absolute atomic E-state index is 14.6. The van der Waals surface area contributed by atoms with Crippen LogP contribution in [-0.4, -0.2) is 72.8 Å². The standard InChI is InChI=1S/C20H22F2N8O/c1-3-28-8-7-15(20(21,22)11-28)25-19-26-18(31-2)17-14(6-9-29(17)27-19)13-4-5-16-23-12-24-30(16)10-13/h4-6,9-10,12,15H,3,7-8,11H2,1-2H3,(H,25,27)/t15-/m1/s1. The molecule has 31 heavy (non-hydrogen) atoms. The van der Waals surface area contributed by atoms with Gasteiger partial charge < -0.3 is 10.1 Å². The second-order valence-electron chi connectivity index (χ2n) is 7.56. The zero-order chi connectivity index (χ0) is 21.6. The second-order valence-corrected chi connectivity index (χ2v) is 7.56. The number of anilines is 1. The summed E-state index contributed by atoms with van der Waals surface area (Å²) in [7, 11) is 1.50. The lowest BCUT2D eigenvalue weighted by molar-refractivity contribution is -0.0726. The fourth-order valence-electron chi connectivity index (χ4n) is 4.02. The summed E-state index contributed by atoms with van der Waals surface area (Å²) < 4.78 is 38.0. The van der Waals surface area contributed by atoms with Crippen LogP contribution in [0.1, 0.15) is 13.3 Å². The smallest absolute Gasteiger partial charge is 0.280 e. The molecule has 0 spiro atoms. The van der Waals surface area contributed by atoms with E-state index in [0.29, 0.717) is 30.9 Å². The lowest BCUT2D eigenvalue weighted by Crippen LogP contribution is -2.54. The minimum atomic E-state index is -2.88. The van der Waals surface area contributed by atoms with Crippen molar-refractivity contribution in [3.05, 3.63) is 36.9 Å². The molecule has 0 aromatic carbocycles. The minimum absolute atomic E-state index is 0.104. The predicted molar refractivity (Wildman–Crippen MR) is 111 cm³/mol. The molecular weight excluding hydrogens is 406 g/mol. The molecule has 1 aliphatic rings. The first-order chi connectivity index (χ1) is 15.0. The van der Waals surface area contributed by atoms with E-state index in [0.717, 1.165) is 16.8 Å². The zero-order valence-electron chi connectivity index (χ0n) is 17.2. The highest BCUT2D eigenvalue weighted by Gasteiger charge is 2.44. The molecule has 0 unspecified atom stereocenters. The van der Waals surface area contributed by atoms with E-state index in [2.05, 4.69) is 25.5 Å². The van der Waals surface area contributed by atoms with Crippen LogP contribution < -0.4 is 10.1 Å². The molecule has 1 aliphatic heterocycles. The second kappa shape index (κ2) is 7.41. The number of hydrogen-bond acceptors (Lipinski definition) is 7. The normalized spacial score (nSPS) is 19.2. The highest BCUT2D eigenvalue weighted by atomic mass is 19.3. The Morgan fingerprint density at radius 1 is 1.26 bits per heavy atom. The zero-order valence-corrected chi connectivity index (χ0v) is 17.2. The molecule has 0 radical (unpaired) electrons. The van der Waals surface area contributed by atoms with E-state index in [4.69, 9.17) is 4.74 Å². The lowest BCUT2D eigenvalue weighted by atomic mass is 10.0. The molecule has 1 saturated heterocycles. The lowest BCUT2D eigenvalue weighted by Gasteiger charge is -2.38. The van der Waals surface area contributed by atoms with Gasteiger partial charge in [-0.2, -0.15) is 10.1 Å². The van der Waals surface area contributed by atoms with Crippen molar-refractivity contribution < 1.29 is 13.5 Å².